The number of rotatable bonds is 7. The molecule has 2 N–H and O–H groups in total. The maximum atomic E-state index is 12.5. The van der Waals surface area contributed by atoms with Crippen LogP contribution in [0.2, 0.25) is 0 Å². The predicted molar refractivity (Wildman–Crippen MR) is 138 cm³/mol. The van der Waals surface area contributed by atoms with E-state index in [9.17, 15) is 14.4 Å². The van der Waals surface area contributed by atoms with Crippen LogP contribution in [0.1, 0.15) is 47.1 Å². The number of amides is 3. The van der Waals surface area contributed by atoms with Crippen molar-refractivity contribution >= 4 is 29.1 Å². The molecule has 0 aliphatic heterocycles. The molecule has 0 atom stereocenters. The average molecular weight is 474 g/mol. The summed E-state index contributed by atoms with van der Waals surface area (Å²) in [4.78, 5) is 38.1. The fourth-order valence-electron chi connectivity index (χ4n) is 3.26. The molecule has 0 saturated carbocycles. The van der Waals surface area contributed by atoms with E-state index in [1.807, 2.05) is 24.3 Å². The van der Waals surface area contributed by atoms with E-state index in [0.29, 0.717) is 28.3 Å². The Morgan fingerprint density at radius 3 is 1.80 bits per heavy atom. The Morgan fingerprint density at radius 2 is 1.26 bits per heavy atom. The molecule has 35 heavy (non-hydrogen) atoms. The Morgan fingerprint density at radius 1 is 0.743 bits per heavy atom. The van der Waals surface area contributed by atoms with E-state index >= 15 is 0 Å². The number of hydrogen-bond acceptors (Lipinski definition) is 4. The van der Waals surface area contributed by atoms with Crippen LogP contribution < -0.4 is 15.4 Å². The van der Waals surface area contributed by atoms with Crippen molar-refractivity contribution in [2.45, 2.75) is 26.2 Å². The van der Waals surface area contributed by atoms with Crippen molar-refractivity contribution in [2.75, 3.05) is 31.3 Å². The highest BCUT2D eigenvalue weighted by atomic mass is 16.5. The van der Waals surface area contributed by atoms with E-state index in [4.69, 9.17) is 4.74 Å². The topological polar surface area (TPSA) is 87.7 Å². The van der Waals surface area contributed by atoms with Crippen LogP contribution in [0.15, 0.2) is 72.8 Å². The second-order valence-corrected chi connectivity index (χ2v) is 9.42. The molecule has 0 spiro atoms. The van der Waals surface area contributed by atoms with Gasteiger partial charge in [0.2, 0.25) is 0 Å². The number of nitrogens with one attached hydrogen (secondary N) is 2. The van der Waals surface area contributed by atoms with E-state index in [2.05, 4.69) is 31.4 Å². The Balaban J connectivity index is 1.49. The summed E-state index contributed by atoms with van der Waals surface area (Å²) in [5, 5.41) is 5.59. The molecule has 3 rings (SSSR count). The smallest absolute Gasteiger partial charge is 0.262 e. The highest BCUT2D eigenvalue weighted by molar-refractivity contribution is 6.04. The first-order valence-corrected chi connectivity index (χ1v) is 11.3. The lowest BCUT2D eigenvalue weighted by atomic mass is 9.87. The average Bonchev–Trinajstić information content (AvgIpc) is 2.83. The van der Waals surface area contributed by atoms with Crippen molar-refractivity contribution in [3.63, 3.8) is 0 Å². The molecule has 0 bridgehead atoms. The Hall–Kier alpha value is -4.13. The van der Waals surface area contributed by atoms with E-state index in [0.717, 1.165) is 5.56 Å². The second kappa shape index (κ2) is 10.9. The fourth-order valence-corrected chi connectivity index (χ4v) is 3.26. The number of carbonyl (C=O) groups is 3. The first-order valence-electron chi connectivity index (χ1n) is 11.3. The van der Waals surface area contributed by atoms with Gasteiger partial charge in [-0.1, -0.05) is 32.9 Å². The number of carbonyl (C=O) groups excluding carboxylic acids is 3. The molecule has 7 heteroatoms. The molecule has 7 nitrogen and oxygen atoms in total. The van der Waals surface area contributed by atoms with Gasteiger partial charge >= 0.3 is 0 Å². The van der Waals surface area contributed by atoms with E-state index in [1.54, 1.807) is 62.6 Å². The lowest BCUT2D eigenvalue weighted by Gasteiger charge is -2.19. The van der Waals surface area contributed by atoms with Gasteiger partial charge < -0.3 is 20.3 Å². The summed E-state index contributed by atoms with van der Waals surface area (Å²) >= 11 is 0. The van der Waals surface area contributed by atoms with Gasteiger partial charge in [0.1, 0.15) is 5.75 Å². The van der Waals surface area contributed by atoms with Gasteiger partial charge in [0.05, 0.1) is 0 Å². The maximum absolute atomic E-state index is 12.5. The summed E-state index contributed by atoms with van der Waals surface area (Å²) in [6, 6.07) is 21.0. The van der Waals surface area contributed by atoms with Crippen LogP contribution in [0.5, 0.6) is 5.75 Å². The largest absolute Gasteiger partial charge is 0.484 e. The summed E-state index contributed by atoms with van der Waals surface area (Å²) in [6.07, 6.45) is 0. The Kier molecular flexibility index (Phi) is 7.91. The van der Waals surface area contributed by atoms with Gasteiger partial charge in [-0.05, 0) is 71.6 Å². The molecule has 0 heterocycles. The minimum atomic E-state index is -0.326. The first-order chi connectivity index (χ1) is 16.5. The van der Waals surface area contributed by atoms with Gasteiger partial charge in [0.15, 0.2) is 6.61 Å². The number of ether oxygens (including phenoxy) is 1. The SMILES string of the molecule is CN(C)C(=O)c1ccc(NC(=O)COc2ccc(NC(=O)c3ccc(C(C)(C)C)cc3)cc2)cc1. The van der Waals surface area contributed by atoms with Gasteiger partial charge in [-0.3, -0.25) is 14.4 Å². The lowest BCUT2D eigenvalue weighted by Crippen LogP contribution is -2.22. The minimum absolute atomic E-state index is 0.0265. The van der Waals surface area contributed by atoms with Gasteiger partial charge in [-0.2, -0.15) is 0 Å². The molecule has 3 aromatic carbocycles. The first kappa shape index (κ1) is 25.5. The molecule has 3 aromatic rings. The van der Waals surface area contributed by atoms with E-state index in [1.165, 1.54) is 4.90 Å². The van der Waals surface area contributed by atoms with Gasteiger partial charge in [-0.25, -0.2) is 0 Å². The standard InChI is InChI=1S/C28H31N3O4/c1-28(2,3)21-10-6-19(7-11-21)26(33)30-23-14-16-24(17-15-23)35-18-25(32)29-22-12-8-20(9-13-22)27(34)31(4)5/h6-17H,18H2,1-5H3,(H,29,32)(H,30,33). The third kappa shape index (κ3) is 7.17. The zero-order valence-electron chi connectivity index (χ0n) is 20.7. The van der Waals surface area contributed by atoms with Gasteiger partial charge in [0.25, 0.3) is 17.7 Å². The minimum Gasteiger partial charge on any atom is -0.484 e. The van der Waals surface area contributed by atoms with Crippen LogP contribution in [0, 0.1) is 0 Å². The zero-order chi connectivity index (χ0) is 25.6. The molecule has 0 aromatic heterocycles. The van der Waals surface area contributed by atoms with Crippen molar-refractivity contribution in [2.24, 2.45) is 0 Å². The van der Waals surface area contributed by atoms with Crippen molar-refractivity contribution in [3.05, 3.63) is 89.5 Å². The number of nitrogens with zero attached hydrogens (tertiary/aromatic N) is 1. The highest BCUT2D eigenvalue weighted by Gasteiger charge is 2.14. The van der Waals surface area contributed by atoms with Crippen molar-refractivity contribution in [1.29, 1.82) is 0 Å². The van der Waals surface area contributed by atoms with Crippen molar-refractivity contribution in [1.82, 2.24) is 4.90 Å². The van der Waals surface area contributed by atoms with Gasteiger partial charge in [-0.15, -0.1) is 0 Å². The third-order valence-corrected chi connectivity index (χ3v) is 5.32. The monoisotopic (exact) mass is 473 g/mol. The Labute approximate surface area is 206 Å². The molecular weight excluding hydrogens is 442 g/mol. The summed E-state index contributed by atoms with van der Waals surface area (Å²) in [7, 11) is 3.36. The summed E-state index contributed by atoms with van der Waals surface area (Å²) in [5.41, 5.74) is 3.50. The number of benzene rings is 3. The second-order valence-electron chi connectivity index (χ2n) is 9.42. The molecule has 0 fully saturated rings. The summed E-state index contributed by atoms with van der Waals surface area (Å²) in [6.45, 7) is 6.21. The highest BCUT2D eigenvalue weighted by Crippen LogP contribution is 2.23. The number of hydrogen-bond donors (Lipinski definition) is 2. The van der Waals surface area contributed by atoms with Crippen LogP contribution >= 0.6 is 0 Å². The molecular formula is C28H31N3O4. The van der Waals surface area contributed by atoms with Crippen LogP contribution in [0.25, 0.3) is 0 Å². The van der Waals surface area contributed by atoms with Crippen LogP contribution in [0.3, 0.4) is 0 Å². The van der Waals surface area contributed by atoms with Gasteiger partial charge in [0, 0.05) is 36.6 Å². The molecule has 0 radical (unpaired) electrons. The molecule has 0 aliphatic rings. The van der Waals surface area contributed by atoms with E-state index < -0.39 is 0 Å². The van der Waals surface area contributed by atoms with Crippen molar-refractivity contribution in [3.8, 4) is 5.75 Å². The quantitative estimate of drug-likeness (QED) is 0.508. The summed E-state index contributed by atoms with van der Waals surface area (Å²) < 4.78 is 5.54. The Bertz CT molecular complexity index is 1180. The summed E-state index contributed by atoms with van der Waals surface area (Å²) in [5.74, 6) is -0.131. The molecule has 0 aliphatic carbocycles. The van der Waals surface area contributed by atoms with E-state index in [-0.39, 0.29) is 29.7 Å². The normalized spacial score (nSPS) is 10.9. The number of anilines is 2. The van der Waals surface area contributed by atoms with Crippen LogP contribution in [-0.4, -0.2) is 43.3 Å². The lowest BCUT2D eigenvalue weighted by molar-refractivity contribution is -0.118. The molecule has 182 valence electrons. The maximum Gasteiger partial charge on any atom is 0.262 e. The van der Waals surface area contributed by atoms with Crippen LogP contribution in [-0.2, 0) is 10.2 Å². The third-order valence-electron chi connectivity index (χ3n) is 5.32. The molecule has 0 unspecified atom stereocenters. The van der Waals surface area contributed by atoms with Crippen molar-refractivity contribution < 1.29 is 19.1 Å². The molecule has 3 amide bonds. The van der Waals surface area contributed by atoms with Crippen LogP contribution in [0.4, 0.5) is 11.4 Å². The fraction of sp³-hybridized carbons (Fsp3) is 0.250. The zero-order valence-corrected chi connectivity index (χ0v) is 20.7. The predicted octanol–water partition coefficient (Wildman–Crippen LogP) is 4.96. The molecule has 0 saturated heterocycles.